The molecule has 0 amide bonds. The van der Waals surface area contributed by atoms with Crippen molar-refractivity contribution in [1.29, 1.82) is 0 Å². The Labute approximate surface area is 122 Å². The minimum Gasteiger partial charge on any atom is -0.311 e. The average Bonchev–Trinajstić information content (AvgIpc) is 3.21. The third-order valence-electron chi connectivity index (χ3n) is 3.53. The molecule has 1 aliphatic rings. The van der Waals surface area contributed by atoms with Gasteiger partial charge in [-0.3, -0.25) is 0 Å². The van der Waals surface area contributed by atoms with Crippen molar-refractivity contribution in [2.75, 3.05) is 0 Å². The number of benzene rings is 1. The van der Waals surface area contributed by atoms with Crippen molar-refractivity contribution in [2.24, 2.45) is 0 Å². The quantitative estimate of drug-likeness (QED) is 0.718. The molecule has 0 saturated heterocycles. The van der Waals surface area contributed by atoms with Gasteiger partial charge in [-0.25, -0.2) is 9.37 Å². The maximum Gasteiger partial charge on any atom is 0.183 e. The summed E-state index contributed by atoms with van der Waals surface area (Å²) < 4.78 is 15.9. The second-order valence-corrected chi connectivity index (χ2v) is 5.80. The van der Waals surface area contributed by atoms with Gasteiger partial charge in [0.05, 0.1) is 17.0 Å². The number of halogens is 2. The molecule has 20 heavy (non-hydrogen) atoms. The highest BCUT2D eigenvalue weighted by molar-refractivity contribution is 9.10. The van der Waals surface area contributed by atoms with E-state index in [-0.39, 0.29) is 5.82 Å². The zero-order chi connectivity index (χ0) is 13.7. The maximum atomic E-state index is 13.4. The smallest absolute Gasteiger partial charge is 0.183 e. The fourth-order valence-corrected chi connectivity index (χ4v) is 2.72. The summed E-state index contributed by atoms with van der Waals surface area (Å²) in [6, 6.07) is 5.41. The fraction of sp³-hybridized carbons (Fsp3) is 0.214. The van der Waals surface area contributed by atoms with E-state index < -0.39 is 0 Å². The molecule has 1 aromatic carbocycles. The molecular formula is C14H10BrFN4. The summed E-state index contributed by atoms with van der Waals surface area (Å²) in [6.07, 6.45) is 5.82. The summed E-state index contributed by atoms with van der Waals surface area (Å²) in [5.41, 5.74) is 3.35. The van der Waals surface area contributed by atoms with Crippen LogP contribution >= 0.6 is 15.9 Å². The summed E-state index contributed by atoms with van der Waals surface area (Å²) >= 11 is 3.21. The predicted molar refractivity (Wildman–Crippen MR) is 76.7 cm³/mol. The molecule has 6 heteroatoms. The van der Waals surface area contributed by atoms with Crippen LogP contribution in [0.3, 0.4) is 0 Å². The molecule has 0 unspecified atom stereocenters. The van der Waals surface area contributed by atoms with Gasteiger partial charge < -0.3 is 4.57 Å². The molecule has 100 valence electrons. The molecule has 0 bridgehead atoms. The van der Waals surface area contributed by atoms with E-state index in [4.69, 9.17) is 0 Å². The number of nitrogens with zero attached hydrogens (tertiary/aromatic N) is 4. The first-order chi connectivity index (χ1) is 9.74. The number of rotatable bonds is 2. The van der Waals surface area contributed by atoms with Gasteiger partial charge in [0.1, 0.15) is 11.3 Å². The first-order valence-corrected chi connectivity index (χ1v) is 7.17. The molecule has 2 heterocycles. The van der Waals surface area contributed by atoms with Gasteiger partial charge in [0.15, 0.2) is 5.65 Å². The number of fused-ring (bicyclic) bond motifs is 1. The Morgan fingerprint density at radius 1 is 1.30 bits per heavy atom. The minimum atomic E-state index is -0.282. The van der Waals surface area contributed by atoms with Crippen molar-refractivity contribution in [2.45, 2.75) is 18.9 Å². The van der Waals surface area contributed by atoms with Crippen molar-refractivity contribution >= 4 is 27.1 Å². The van der Waals surface area contributed by atoms with E-state index in [2.05, 4.69) is 35.7 Å². The van der Waals surface area contributed by atoms with Crippen LogP contribution in [0.2, 0.25) is 0 Å². The zero-order valence-corrected chi connectivity index (χ0v) is 12.0. The first kappa shape index (κ1) is 12.0. The Bertz CT molecular complexity index is 810. The summed E-state index contributed by atoms with van der Waals surface area (Å²) in [5, 5.41) is 8.26. The summed E-state index contributed by atoms with van der Waals surface area (Å²) in [7, 11) is 0. The third kappa shape index (κ3) is 1.83. The lowest BCUT2D eigenvalue weighted by molar-refractivity contribution is 0.621. The lowest BCUT2D eigenvalue weighted by Crippen LogP contribution is -1.95. The van der Waals surface area contributed by atoms with E-state index in [0.29, 0.717) is 10.5 Å². The molecule has 4 nitrogen and oxygen atoms in total. The van der Waals surface area contributed by atoms with E-state index in [9.17, 15) is 4.39 Å². The van der Waals surface area contributed by atoms with Gasteiger partial charge in [0.2, 0.25) is 0 Å². The fourth-order valence-electron chi connectivity index (χ4n) is 2.34. The Kier molecular flexibility index (Phi) is 2.60. The van der Waals surface area contributed by atoms with Gasteiger partial charge in [-0.2, -0.15) is 5.10 Å². The van der Waals surface area contributed by atoms with Crippen molar-refractivity contribution < 1.29 is 4.39 Å². The molecule has 4 rings (SSSR count). The van der Waals surface area contributed by atoms with Gasteiger partial charge in [-0.1, -0.05) is 6.07 Å². The van der Waals surface area contributed by atoms with Crippen molar-refractivity contribution in [3.05, 3.63) is 41.0 Å². The Balaban J connectivity index is 1.92. The molecule has 0 radical (unpaired) electrons. The van der Waals surface area contributed by atoms with Crippen LogP contribution in [0.5, 0.6) is 0 Å². The predicted octanol–water partition coefficient (Wildman–Crippen LogP) is 3.73. The van der Waals surface area contributed by atoms with Crippen LogP contribution in [0.4, 0.5) is 4.39 Å². The Hall–Kier alpha value is -1.82. The van der Waals surface area contributed by atoms with Crippen molar-refractivity contribution in [3.63, 3.8) is 0 Å². The summed E-state index contributed by atoms with van der Waals surface area (Å²) in [4.78, 5) is 4.46. The van der Waals surface area contributed by atoms with E-state index in [1.807, 2.05) is 6.33 Å². The Morgan fingerprint density at radius 2 is 2.15 bits per heavy atom. The highest BCUT2D eigenvalue weighted by Gasteiger charge is 2.26. The number of hydrogen-bond acceptors (Lipinski definition) is 3. The van der Waals surface area contributed by atoms with Crippen molar-refractivity contribution in [1.82, 2.24) is 19.7 Å². The maximum absolute atomic E-state index is 13.4. The molecule has 2 aromatic heterocycles. The lowest BCUT2D eigenvalue weighted by atomic mass is 10.1. The van der Waals surface area contributed by atoms with Gasteiger partial charge >= 0.3 is 0 Å². The zero-order valence-electron chi connectivity index (χ0n) is 10.4. The Morgan fingerprint density at radius 3 is 2.90 bits per heavy atom. The van der Waals surface area contributed by atoms with Crippen molar-refractivity contribution in [3.8, 4) is 11.1 Å². The van der Waals surface area contributed by atoms with Gasteiger partial charge in [0, 0.05) is 11.6 Å². The second kappa shape index (κ2) is 4.34. The monoisotopic (exact) mass is 332 g/mol. The number of hydrogen-bond donors (Lipinski definition) is 0. The van der Waals surface area contributed by atoms with Crippen LogP contribution in [0.1, 0.15) is 18.9 Å². The van der Waals surface area contributed by atoms with E-state index in [1.54, 1.807) is 18.3 Å². The third-order valence-corrected chi connectivity index (χ3v) is 4.14. The second-order valence-electron chi connectivity index (χ2n) is 4.94. The number of aromatic nitrogens is 4. The average molecular weight is 333 g/mol. The standard InChI is InChI=1S/C14H10BrFN4/c15-11-5-8(1-4-12(11)16)10-6-18-19-14-13(10)17-7-20(14)9-2-3-9/h1,4-7,9H,2-3H2. The van der Waals surface area contributed by atoms with Crippen LogP contribution in [0, 0.1) is 5.82 Å². The summed E-state index contributed by atoms with van der Waals surface area (Å²) in [6.45, 7) is 0. The topological polar surface area (TPSA) is 43.6 Å². The van der Waals surface area contributed by atoms with E-state index >= 15 is 0 Å². The van der Waals surface area contributed by atoms with Crippen LogP contribution in [0.25, 0.3) is 22.3 Å². The van der Waals surface area contributed by atoms with Gasteiger partial charge in [-0.15, -0.1) is 5.10 Å². The van der Waals surface area contributed by atoms with Gasteiger partial charge in [0.25, 0.3) is 0 Å². The van der Waals surface area contributed by atoms with E-state index in [1.165, 1.54) is 18.9 Å². The molecule has 0 N–H and O–H groups in total. The van der Waals surface area contributed by atoms with Crippen LogP contribution in [-0.4, -0.2) is 19.7 Å². The normalized spacial score (nSPS) is 14.9. The highest BCUT2D eigenvalue weighted by atomic mass is 79.9. The lowest BCUT2D eigenvalue weighted by Gasteiger charge is -2.04. The van der Waals surface area contributed by atoms with Gasteiger partial charge in [-0.05, 0) is 46.5 Å². The first-order valence-electron chi connectivity index (χ1n) is 6.37. The van der Waals surface area contributed by atoms with Crippen LogP contribution in [0.15, 0.2) is 35.2 Å². The van der Waals surface area contributed by atoms with Crippen LogP contribution in [-0.2, 0) is 0 Å². The summed E-state index contributed by atoms with van der Waals surface area (Å²) in [5.74, 6) is -0.282. The van der Waals surface area contributed by atoms with E-state index in [0.717, 1.165) is 22.3 Å². The largest absolute Gasteiger partial charge is 0.311 e. The molecule has 3 aromatic rings. The molecule has 0 aliphatic heterocycles. The SMILES string of the molecule is Fc1ccc(-c2cnnc3c2ncn3C2CC2)cc1Br. The molecule has 1 fully saturated rings. The molecule has 1 aliphatic carbocycles. The number of imidazole rings is 1. The molecule has 0 spiro atoms. The molecular weight excluding hydrogens is 323 g/mol. The minimum absolute atomic E-state index is 0.282. The highest BCUT2D eigenvalue weighted by Crippen LogP contribution is 2.38. The molecule has 0 atom stereocenters. The van der Waals surface area contributed by atoms with Crippen LogP contribution < -0.4 is 0 Å². The molecule has 1 saturated carbocycles.